The molecule has 1 atom stereocenters. The molecule has 0 aromatic heterocycles. The zero-order chi connectivity index (χ0) is 13.8. The first-order valence-corrected chi connectivity index (χ1v) is 6.99. The highest BCUT2D eigenvalue weighted by Crippen LogP contribution is 2.45. The second kappa shape index (κ2) is 3.83. The molecule has 2 fully saturated rings. The van der Waals surface area contributed by atoms with Gasteiger partial charge in [0, 0.05) is 7.05 Å². The van der Waals surface area contributed by atoms with Gasteiger partial charge in [-0.25, -0.2) is 0 Å². The lowest BCUT2D eigenvalue weighted by molar-refractivity contribution is -0.129. The van der Waals surface area contributed by atoms with Crippen molar-refractivity contribution < 1.29 is 4.79 Å². The van der Waals surface area contributed by atoms with Crippen molar-refractivity contribution in [1.29, 1.82) is 0 Å². The Balaban J connectivity index is 1.86. The average molecular weight is 258 g/mol. The fraction of sp³-hybridized carbons (Fsp3) is 0.562. The Kier molecular flexibility index (Phi) is 2.55. The number of hydrogen-bond donors (Lipinski definition) is 1. The van der Waals surface area contributed by atoms with E-state index >= 15 is 0 Å². The Morgan fingerprint density at radius 2 is 1.79 bits per heavy atom. The number of rotatable bonds is 1. The molecule has 0 radical (unpaired) electrons. The Morgan fingerprint density at radius 3 is 2.21 bits per heavy atom. The molecular weight excluding hydrogens is 236 g/mol. The van der Waals surface area contributed by atoms with Crippen LogP contribution in [0.5, 0.6) is 0 Å². The van der Waals surface area contributed by atoms with E-state index in [-0.39, 0.29) is 23.0 Å². The molecule has 0 bridgehead atoms. The van der Waals surface area contributed by atoms with Crippen LogP contribution in [0.1, 0.15) is 50.9 Å². The monoisotopic (exact) mass is 258 g/mol. The van der Waals surface area contributed by atoms with E-state index < -0.39 is 0 Å². The standard InChI is InChI=1S/C16H22N2O/c1-15(2,3)12-7-5-11(6-8-12)13-17-16(9-10-16)14(19)18(13)4/h5-8,13,17H,9-10H2,1-4H3. The molecule has 1 saturated carbocycles. The van der Waals surface area contributed by atoms with Gasteiger partial charge < -0.3 is 4.90 Å². The summed E-state index contributed by atoms with van der Waals surface area (Å²) in [7, 11) is 1.89. The van der Waals surface area contributed by atoms with Gasteiger partial charge in [0.25, 0.3) is 0 Å². The van der Waals surface area contributed by atoms with Gasteiger partial charge >= 0.3 is 0 Å². The number of nitrogens with zero attached hydrogens (tertiary/aromatic N) is 1. The summed E-state index contributed by atoms with van der Waals surface area (Å²) in [6, 6.07) is 8.63. The van der Waals surface area contributed by atoms with Gasteiger partial charge in [-0.05, 0) is 29.4 Å². The van der Waals surface area contributed by atoms with E-state index in [0.29, 0.717) is 0 Å². The molecule has 1 amide bonds. The van der Waals surface area contributed by atoms with Crippen LogP contribution >= 0.6 is 0 Å². The zero-order valence-corrected chi connectivity index (χ0v) is 12.2. The number of nitrogens with one attached hydrogen (secondary N) is 1. The summed E-state index contributed by atoms with van der Waals surface area (Å²) in [5.41, 5.74) is 2.43. The number of carbonyl (C=O) groups excluding carboxylic acids is 1. The summed E-state index contributed by atoms with van der Waals surface area (Å²) >= 11 is 0. The van der Waals surface area contributed by atoms with Crippen LogP contribution in [0.4, 0.5) is 0 Å². The Bertz CT molecular complexity index is 509. The minimum Gasteiger partial charge on any atom is -0.324 e. The fourth-order valence-corrected chi connectivity index (χ4v) is 2.83. The second-order valence-corrected chi connectivity index (χ2v) is 6.92. The van der Waals surface area contributed by atoms with Gasteiger partial charge in [0.1, 0.15) is 11.7 Å². The molecule has 1 aromatic carbocycles. The van der Waals surface area contributed by atoms with Crippen molar-refractivity contribution >= 4 is 5.91 Å². The van der Waals surface area contributed by atoms with E-state index in [1.807, 2.05) is 11.9 Å². The third kappa shape index (κ3) is 1.96. The molecule has 3 rings (SSSR count). The maximum atomic E-state index is 12.2. The SMILES string of the molecule is CN1C(=O)C2(CC2)NC1c1ccc(C(C)(C)C)cc1. The Morgan fingerprint density at radius 1 is 1.21 bits per heavy atom. The number of amides is 1. The summed E-state index contributed by atoms with van der Waals surface area (Å²) in [6.45, 7) is 6.64. The van der Waals surface area contributed by atoms with Crippen LogP contribution in [0.25, 0.3) is 0 Å². The predicted octanol–water partition coefficient (Wildman–Crippen LogP) is 2.58. The molecule has 1 unspecified atom stereocenters. The third-order valence-corrected chi connectivity index (χ3v) is 4.37. The molecule has 1 heterocycles. The van der Waals surface area contributed by atoms with Crippen molar-refractivity contribution in [2.24, 2.45) is 0 Å². The van der Waals surface area contributed by atoms with Crippen LogP contribution in [0, 0.1) is 0 Å². The minimum absolute atomic E-state index is 0.0315. The summed E-state index contributed by atoms with van der Waals surface area (Å²) in [6.07, 6.45) is 1.99. The molecule has 1 saturated heterocycles. The molecule has 1 spiro atoms. The van der Waals surface area contributed by atoms with Crippen LogP contribution in [0.15, 0.2) is 24.3 Å². The van der Waals surface area contributed by atoms with E-state index in [4.69, 9.17) is 0 Å². The van der Waals surface area contributed by atoms with Crippen LogP contribution in [-0.2, 0) is 10.2 Å². The van der Waals surface area contributed by atoms with Gasteiger partial charge in [-0.1, -0.05) is 45.0 Å². The van der Waals surface area contributed by atoms with E-state index in [1.54, 1.807) is 0 Å². The number of carbonyl (C=O) groups is 1. The lowest BCUT2D eigenvalue weighted by Gasteiger charge is -2.22. The molecule has 1 aliphatic carbocycles. The van der Waals surface area contributed by atoms with Gasteiger partial charge in [0.05, 0.1) is 0 Å². The fourth-order valence-electron chi connectivity index (χ4n) is 2.83. The van der Waals surface area contributed by atoms with E-state index in [2.05, 4.69) is 50.4 Å². The van der Waals surface area contributed by atoms with E-state index in [1.165, 1.54) is 11.1 Å². The first-order valence-electron chi connectivity index (χ1n) is 6.99. The van der Waals surface area contributed by atoms with Crippen molar-refractivity contribution in [2.75, 3.05) is 7.05 Å². The van der Waals surface area contributed by atoms with Crippen LogP contribution < -0.4 is 5.32 Å². The molecule has 102 valence electrons. The molecule has 1 aromatic rings. The van der Waals surface area contributed by atoms with Crippen molar-refractivity contribution in [3.05, 3.63) is 35.4 Å². The predicted molar refractivity (Wildman–Crippen MR) is 75.8 cm³/mol. The van der Waals surface area contributed by atoms with Crippen LogP contribution in [-0.4, -0.2) is 23.4 Å². The van der Waals surface area contributed by atoms with Crippen molar-refractivity contribution in [3.8, 4) is 0 Å². The first-order chi connectivity index (χ1) is 8.83. The number of hydrogen-bond acceptors (Lipinski definition) is 2. The molecular formula is C16H22N2O. The highest BCUT2D eigenvalue weighted by Gasteiger charge is 2.58. The average Bonchev–Trinajstić information content (AvgIpc) is 3.10. The smallest absolute Gasteiger partial charge is 0.244 e. The van der Waals surface area contributed by atoms with Crippen LogP contribution in [0.2, 0.25) is 0 Å². The topological polar surface area (TPSA) is 32.3 Å². The second-order valence-electron chi connectivity index (χ2n) is 6.92. The lowest BCUT2D eigenvalue weighted by Crippen LogP contribution is -2.30. The van der Waals surface area contributed by atoms with E-state index in [0.717, 1.165) is 12.8 Å². The van der Waals surface area contributed by atoms with Gasteiger partial charge in [-0.2, -0.15) is 0 Å². The minimum atomic E-state index is -0.234. The van der Waals surface area contributed by atoms with Gasteiger partial charge in [-0.15, -0.1) is 0 Å². The van der Waals surface area contributed by atoms with Gasteiger partial charge in [0.2, 0.25) is 5.91 Å². The summed E-state index contributed by atoms with van der Waals surface area (Å²) in [4.78, 5) is 14.0. The maximum Gasteiger partial charge on any atom is 0.244 e. The molecule has 2 aliphatic rings. The normalized spacial score (nSPS) is 25.2. The molecule has 3 nitrogen and oxygen atoms in total. The quantitative estimate of drug-likeness (QED) is 0.839. The molecule has 1 N–H and O–H groups in total. The Hall–Kier alpha value is -1.35. The third-order valence-electron chi connectivity index (χ3n) is 4.37. The highest BCUT2D eigenvalue weighted by molar-refractivity contribution is 5.91. The summed E-state index contributed by atoms with van der Waals surface area (Å²) < 4.78 is 0. The summed E-state index contributed by atoms with van der Waals surface area (Å²) in [5.74, 6) is 0.248. The van der Waals surface area contributed by atoms with Gasteiger partial charge in [-0.3, -0.25) is 10.1 Å². The maximum absolute atomic E-state index is 12.2. The number of likely N-dealkylation sites (N-methyl/N-ethyl adjacent to an activating group) is 1. The lowest BCUT2D eigenvalue weighted by atomic mass is 9.86. The largest absolute Gasteiger partial charge is 0.324 e. The van der Waals surface area contributed by atoms with Crippen molar-refractivity contribution in [1.82, 2.24) is 10.2 Å². The highest BCUT2D eigenvalue weighted by atomic mass is 16.2. The Labute approximate surface area is 115 Å². The van der Waals surface area contributed by atoms with Gasteiger partial charge in [0.15, 0.2) is 0 Å². The zero-order valence-electron chi connectivity index (χ0n) is 12.2. The molecule has 1 aliphatic heterocycles. The molecule has 19 heavy (non-hydrogen) atoms. The molecule has 3 heteroatoms. The number of benzene rings is 1. The first kappa shape index (κ1) is 12.7. The van der Waals surface area contributed by atoms with Crippen molar-refractivity contribution in [2.45, 2.75) is 50.7 Å². The van der Waals surface area contributed by atoms with Crippen LogP contribution in [0.3, 0.4) is 0 Å². The van der Waals surface area contributed by atoms with E-state index in [9.17, 15) is 4.79 Å². The summed E-state index contributed by atoms with van der Waals surface area (Å²) in [5, 5.41) is 3.49. The van der Waals surface area contributed by atoms with Crippen molar-refractivity contribution in [3.63, 3.8) is 0 Å².